The summed E-state index contributed by atoms with van der Waals surface area (Å²) in [5.41, 5.74) is -5.55. The third-order valence-electron chi connectivity index (χ3n) is 2.72. The van der Waals surface area contributed by atoms with E-state index in [1.54, 1.807) is 5.32 Å². The van der Waals surface area contributed by atoms with Gasteiger partial charge in [-0.2, -0.15) is 18.4 Å². The summed E-state index contributed by atoms with van der Waals surface area (Å²) in [5, 5.41) is 30.0. The Hall–Kier alpha value is -2.83. The van der Waals surface area contributed by atoms with Gasteiger partial charge in [-0.3, -0.25) is 10.1 Å². The summed E-state index contributed by atoms with van der Waals surface area (Å²) in [4.78, 5) is 20.7. The normalized spacial score (nSPS) is 13.9. The summed E-state index contributed by atoms with van der Waals surface area (Å²) in [6.45, 7) is 0.331. The Balaban J connectivity index is 3.46. The number of aliphatic carboxylic acids is 1. The van der Waals surface area contributed by atoms with Gasteiger partial charge in [0.25, 0.3) is 0 Å². The molecule has 0 amide bonds. The fourth-order valence-electron chi connectivity index (χ4n) is 1.45. The Kier molecular flexibility index (Phi) is 4.08. The zero-order valence-corrected chi connectivity index (χ0v) is 10.4. The minimum atomic E-state index is -5.21. The van der Waals surface area contributed by atoms with Gasteiger partial charge in [0.2, 0.25) is 5.54 Å². The molecule has 1 aromatic rings. The number of rotatable bonds is 4. The van der Waals surface area contributed by atoms with Gasteiger partial charge in [-0.15, -0.1) is 0 Å². The van der Waals surface area contributed by atoms with Crippen LogP contribution >= 0.6 is 0 Å². The first-order valence-corrected chi connectivity index (χ1v) is 5.30. The molecule has 1 aromatic carbocycles. The number of hydrogen-bond donors (Lipinski definition) is 2. The van der Waals surface area contributed by atoms with Crippen molar-refractivity contribution >= 4 is 17.3 Å². The Morgan fingerprint density at radius 3 is 2.43 bits per heavy atom. The van der Waals surface area contributed by atoms with Crippen molar-refractivity contribution in [3.05, 3.63) is 33.9 Å². The molecule has 1 atom stereocenters. The number of nitro benzene ring substituents is 1. The second-order valence-electron chi connectivity index (χ2n) is 4.12. The number of alkyl halides is 3. The Morgan fingerprint density at radius 2 is 2.05 bits per heavy atom. The quantitative estimate of drug-likeness (QED) is 0.651. The van der Waals surface area contributed by atoms with E-state index >= 15 is 0 Å². The largest absolute Gasteiger partial charge is 0.479 e. The minimum absolute atomic E-state index is 0.331. The number of nitro groups is 1. The topological polar surface area (TPSA) is 116 Å². The highest BCUT2D eigenvalue weighted by atomic mass is 19.4. The average molecular weight is 303 g/mol. The van der Waals surface area contributed by atoms with Crippen molar-refractivity contribution < 1.29 is 28.0 Å². The van der Waals surface area contributed by atoms with Crippen molar-refractivity contribution in [1.29, 1.82) is 5.26 Å². The number of anilines is 1. The third kappa shape index (κ3) is 2.86. The van der Waals surface area contributed by atoms with Crippen LogP contribution in [-0.2, 0) is 4.79 Å². The van der Waals surface area contributed by atoms with E-state index < -0.39 is 39.5 Å². The monoisotopic (exact) mass is 303 g/mol. The second-order valence-corrected chi connectivity index (χ2v) is 4.12. The van der Waals surface area contributed by atoms with Crippen LogP contribution in [0.5, 0.6) is 0 Å². The van der Waals surface area contributed by atoms with E-state index in [-0.39, 0.29) is 0 Å². The van der Waals surface area contributed by atoms with Crippen molar-refractivity contribution in [3.63, 3.8) is 0 Å². The van der Waals surface area contributed by atoms with Crippen LogP contribution in [-0.4, -0.2) is 27.7 Å². The van der Waals surface area contributed by atoms with Crippen molar-refractivity contribution in [2.24, 2.45) is 0 Å². The Morgan fingerprint density at radius 1 is 1.48 bits per heavy atom. The van der Waals surface area contributed by atoms with E-state index in [2.05, 4.69) is 0 Å². The molecule has 0 radical (unpaired) electrons. The maximum atomic E-state index is 12.9. The predicted molar refractivity (Wildman–Crippen MR) is 63.5 cm³/mol. The molecule has 112 valence electrons. The van der Waals surface area contributed by atoms with Crippen LogP contribution in [0.4, 0.5) is 24.5 Å². The van der Waals surface area contributed by atoms with Crippen LogP contribution in [0.1, 0.15) is 12.5 Å². The molecule has 0 saturated carbocycles. The van der Waals surface area contributed by atoms with Gasteiger partial charge in [0, 0.05) is 0 Å². The standard InChI is InChI=1S/C11H8F3N3O4/c1-10(9(18)19,11(12,13)14)16-7-4-2-3-6(5-15)8(7)17(20)21/h2-4,16H,1H3,(H,18,19). The number of carboxylic acid groups (broad SMARTS) is 1. The van der Waals surface area contributed by atoms with Gasteiger partial charge in [-0.25, -0.2) is 4.79 Å². The number of carboxylic acids is 1. The van der Waals surface area contributed by atoms with Crippen LogP contribution in [0, 0.1) is 21.4 Å². The molecule has 0 aromatic heterocycles. The number of halogens is 3. The first kappa shape index (κ1) is 16.2. The van der Waals surface area contributed by atoms with Gasteiger partial charge < -0.3 is 10.4 Å². The summed E-state index contributed by atoms with van der Waals surface area (Å²) >= 11 is 0. The average Bonchev–Trinajstić information content (AvgIpc) is 2.36. The van der Waals surface area contributed by atoms with Gasteiger partial charge in [0.1, 0.15) is 17.3 Å². The summed E-state index contributed by atoms with van der Waals surface area (Å²) < 4.78 is 38.6. The van der Waals surface area contributed by atoms with E-state index in [0.717, 1.165) is 18.2 Å². The van der Waals surface area contributed by atoms with E-state index in [4.69, 9.17) is 10.4 Å². The number of para-hydroxylation sites is 1. The van der Waals surface area contributed by atoms with E-state index in [0.29, 0.717) is 6.92 Å². The lowest BCUT2D eigenvalue weighted by atomic mass is 10.0. The lowest BCUT2D eigenvalue weighted by Gasteiger charge is -2.29. The van der Waals surface area contributed by atoms with E-state index in [9.17, 15) is 28.1 Å². The maximum absolute atomic E-state index is 12.9. The maximum Gasteiger partial charge on any atom is 0.422 e. The van der Waals surface area contributed by atoms with Crippen LogP contribution in [0.15, 0.2) is 18.2 Å². The van der Waals surface area contributed by atoms with Crippen LogP contribution in [0.3, 0.4) is 0 Å². The first-order chi connectivity index (χ1) is 9.54. The number of carbonyl (C=O) groups is 1. The van der Waals surface area contributed by atoms with Crippen molar-refractivity contribution in [1.82, 2.24) is 0 Å². The summed E-state index contributed by atoms with van der Waals surface area (Å²) in [6.07, 6.45) is -5.21. The molecular formula is C11H8F3N3O4. The Bertz CT molecular complexity index is 639. The van der Waals surface area contributed by atoms with Gasteiger partial charge in [0.05, 0.1) is 4.92 Å². The fraction of sp³-hybridized carbons (Fsp3) is 0.273. The third-order valence-corrected chi connectivity index (χ3v) is 2.72. The van der Waals surface area contributed by atoms with E-state index in [1.807, 2.05) is 0 Å². The fourth-order valence-corrected chi connectivity index (χ4v) is 1.45. The molecule has 1 unspecified atom stereocenters. The lowest BCUT2D eigenvalue weighted by Crippen LogP contribution is -2.55. The smallest absolute Gasteiger partial charge is 0.422 e. The van der Waals surface area contributed by atoms with Crippen molar-refractivity contribution in [3.8, 4) is 6.07 Å². The highest BCUT2D eigenvalue weighted by Gasteiger charge is 2.58. The molecule has 0 spiro atoms. The van der Waals surface area contributed by atoms with Crippen LogP contribution in [0.2, 0.25) is 0 Å². The van der Waals surface area contributed by atoms with Crippen molar-refractivity contribution in [2.45, 2.75) is 18.6 Å². The van der Waals surface area contributed by atoms with Crippen LogP contribution in [0.25, 0.3) is 0 Å². The minimum Gasteiger partial charge on any atom is -0.479 e. The zero-order valence-electron chi connectivity index (χ0n) is 10.4. The number of nitrogens with zero attached hydrogens (tertiary/aromatic N) is 2. The molecule has 0 fully saturated rings. The molecule has 0 aliphatic rings. The number of benzene rings is 1. The number of nitriles is 1. The predicted octanol–water partition coefficient (Wildman–Crippen LogP) is 2.28. The molecule has 0 heterocycles. The van der Waals surface area contributed by atoms with Gasteiger partial charge in [-0.1, -0.05) is 6.07 Å². The summed E-state index contributed by atoms with van der Waals surface area (Å²) in [5.74, 6) is -2.26. The molecule has 7 nitrogen and oxygen atoms in total. The summed E-state index contributed by atoms with van der Waals surface area (Å²) in [7, 11) is 0. The molecule has 10 heteroatoms. The van der Waals surface area contributed by atoms with Gasteiger partial charge >= 0.3 is 17.8 Å². The SMILES string of the molecule is CC(Nc1cccc(C#N)c1[N+](=O)[O-])(C(=O)O)C(F)(F)F. The molecule has 0 aliphatic carbocycles. The highest BCUT2D eigenvalue weighted by molar-refractivity contribution is 5.85. The number of hydrogen-bond acceptors (Lipinski definition) is 5. The Labute approximate surface area is 115 Å². The zero-order chi connectivity index (χ0) is 16.4. The molecule has 1 rings (SSSR count). The molecule has 21 heavy (non-hydrogen) atoms. The molecule has 2 N–H and O–H groups in total. The summed E-state index contributed by atoms with van der Waals surface area (Å²) in [6, 6.07) is 4.50. The molecular weight excluding hydrogens is 295 g/mol. The van der Waals surface area contributed by atoms with Gasteiger partial charge in [0.15, 0.2) is 0 Å². The number of nitrogens with one attached hydrogen (secondary N) is 1. The van der Waals surface area contributed by atoms with Crippen LogP contribution < -0.4 is 5.32 Å². The van der Waals surface area contributed by atoms with Gasteiger partial charge in [-0.05, 0) is 19.1 Å². The second kappa shape index (κ2) is 5.28. The van der Waals surface area contributed by atoms with E-state index in [1.165, 1.54) is 6.07 Å². The lowest BCUT2D eigenvalue weighted by molar-refractivity contribution is -0.384. The first-order valence-electron chi connectivity index (χ1n) is 5.30. The molecule has 0 aliphatic heterocycles. The van der Waals surface area contributed by atoms with Crippen molar-refractivity contribution in [2.75, 3.05) is 5.32 Å². The molecule has 0 saturated heterocycles. The molecule has 0 bridgehead atoms. The highest BCUT2D eigenvalue weighted by Crippen LogP contribution is 2.37.